The van der Waals surface area contributed by atoms with Gasteiger partial charge in [-0.15, -0.1) is 0 Å². The molecule has 6 heteroatoms. The predicted octanol–water partition coefficient (Wildman–Crippen LogP) is 2.92. The van der Waals surface area contributed by atoms with Gasteiger partial charge in [0.2, 0.25) is 0 Å². The zero-order chi connectivity index (χ0) is 14.5. The number of aryl methyl sites for hydroxylation is 1. The number of para-hydroxylation sites is 1. The van der Waals surface area contributed by atoms with E-state index in [4.69, 9.17) is 4.74 Å². The molecule has 0 amide bonds. The molecule has 0 aliphatic carbocycles. The molecule has 0 bridgehead atoms. The van der Waals surface area contributed by atoms with E-state index in [-0.39, 0.29) is 12.3 Å². The van der Waals surface area contributed by atoms with E-state index in [1.807, 2.05) is 6.07 Å². The molecule has 0 unspecified atom stereocenters. The van der Waals surface area contributed by atoms with Gasteiger partial charge in [-0.25, -0.2) is 4.98 Å². The van der Waals surface area contributed by atoms with E-state index < -0.39 is 4.92 Å². The largest absolute Gasteiger partial charge is 0.482 e. The fourth-order valence-corrected chi connectivity index (χ4v) is 1.90. The van der Waals surface area contributed by atoms with E-state index in [0.29, 0.717) is 11.6 Å². The van der Waals surface area contributed by atoms with Crippen molar-refractivity contribution in [2.75, 3.05) is 12.4 Å². The lowest BCUT2D eigenvalue weighted by Crippen LogP contribution is -2.04. The SMILES string of the molecule is CNc1ncccc1COc1c(C)cccc1[N+](=O)[O-]. The van der Waals surface area contributed by atoms with Crippen LogP contribution < -0.4 is 10.1 Å². The first-order valence-electron chi connectivity index (χ1n) is 6.12. The number of rotatable bonds is 5. The van der Waals surface area contributed by atoms with Crippen LogP contribution >= 0.6 is 0 Å². The molecule has 20 heavy (non-hydrogen) atoms. The van der Waals surface area contributed by atoms with Crippen LogP contribution in [0.2, 0.25) is 0 Å². The summed E-state index contributed by atoms with van der Waals surface area (Å²) in [5.41, 5.74) is 1.54. The van der Waals surface area contributed by atoms with Gasteiger partial charge in [0.15, 0.2) is 5.75 Å². The van der Waals surface area contributed by atoms with Gasteiger partial charge in [0.25, 0.3) is 0 Å². The van der Waals surface area contributed by atoms with Crippen LogP contribution in [0.4, 0.5) is 11.5 Å². The van der Waals surface area contributed by atoms with Crippen LogP contribution in [0.25, 0.3) is 0 Å². The van der Waals surface area contributed by atoms with E-state index in [1.54, 1.807) is 38.4 Å². The Morgan fingerprint density at radius 1 is 1.35 bits per heavy atom. The van der Waals surface area contributed by atoms with Crippen molar-refractivity contribution in [3.8, 4) is 5.75 Å². The molecule has 1 N–H and O–H groups in total. The number of nitrogens with one attached hydrogen (secondary N) is 1. The summed E-state index contributed by atoms with van der Waals surface area (Å²) >= 11 is 0. The number of nitro groups is 1. The Bertz CT molecular complexity index is 629. The summed E-state index contributed by atoms with van der Waals surface area (Å²) in [6.07, 6.45) is 1.67. The molecule has 0 spiro atoms. The molecule has 1 aromatic heterocycles. The van der Waals surface area contributed by atoms with Crippen molar-refractivity contribution in [3.63, 3.8) is 0 Å². The Morgan fingerprint density at radius 3 is 2.85 bits per heavy atom. The maximum atomic E-state index is 11.0. The third kappa shape index (κ3) is 2.85. The molecule has 0 fully saturated rings. The highest BCUT2D eigenvalue weighted by molar-refractivity contribution is 5.51. The number of nitrogens with zero attached hydrogens (tertiary/aromatic N) is 2. The first-order valence-corrected chi connectivity index (χ1v) is 6.12. The van der Waals surface area contributed by atoms with Gasteiger partial charge in [-0.05, 0) is 18.6 Å². The summed E-state index contributed by atoms with van der Waals surface area (Å²) in [5.74, 6) is 0.993. The predicted molar refractivity (Wildman–Crippen MR) is 75.9 cm³/mol. The normalized spacial score (nSPS) is 10.1. The van der Waals surface area contributed by atoms with Gasteiger partial charge in [0.1, 0.15) is 12.4 Å². The third-order valence-corrected chi connectivity index (χ3v) is 2.89. The molecule has 0 aliphatic rings. The van der Waals surface area contributed by atoms with Gasteiger partial charge in [-0.2, -0.15) is 0 Å². The van der Waals surface area contributed by atoms with E-state index in [2.05, 4.69) is 10.3 Å². The fraction of sp³-hybridized carbons (Fsp3) is 0.214. The average molecular weight is 273 g/mol. The first kappa shape index (κ1) is 13.8. The smallest absolute Gasteiger partial charge is 0.311 e. The molecule has 1 heterocycles. The van der Waals surface area contributed by atoms with Crippen molar-refractivity contribution in [3.05, 3.63) is 57.8 Å². The van der Waals surface area contributed by atoms with Crippen LogP contribution in [0.1, 0.15) is 11.1 Å². The minimum atomic E-state index is -0.440. The van der Waals surface area contributed by atoms with Crippen molar-refractivity contribution in [1.82, 2.24) is 4.98 Å². The molecule has 2 aromatic rings. The van der Waals surface area contributed by atoms with Crippen LogP contribution in [0.15, 0.2) is 36.5 Å². The topological polar surface area (TPSA) is 77.3 Å². The van der Waals surface area contributed by atoms with Crippen LogP contribution in [0.3, 0.4) is 0 Å². The maximum absolute atomic E-state index is 11.0. The lowest BCUT2D eigenvalue weighted by Gasteiger charge is -2.11. The third-order valence-electron chi connectivity index (χ3n) is 2.89. The molecule has 6 nitrogen and oxygen atoms in total. The second-order valence-corrected chi connectivity index (χ2v) is 4.23. The van der Waals surface area contributed by atoms with Crippen molar-refractivity contribution < 1.29 is 9.66 Å². The molecule has 104 valence electrons. The Labute approximate surface area is 116 Å². The minimum Gasteiger partial charge on any atom is -0.482 e. The molecular weight excluding hydrogens is 258 g/mol. The van der Waals surface area contributed by atoms with Crippen LogP contribution in [0, 0.1) is 17.0 Å². The first-order chi connectivity index (χ1) is 9.63. The quantitative estimate of drug-likeness (QED) is 0.669. The van der Waals surface area contributed by atoms with Crippen molar-refractivity contribution >= 4 is 11.5 Å². The van der Waals surface area contributed by atoms with Crippen LogP contribution in [-0.2, 0) is 6.61 Å². The highest BCUT2D eigenvalue weighted by Crippen LogP contribution is 2.31. The fourth-order valence-electron chi connectivity index (χ4n) is 1.90. The number of nitro benzene ring substituents is 1. The number of hydrogen-bond acceptors (Lipinski definition) is 5. The molecule has 1 aromatic carbocycles. The second-order valence-electron chi connectivity index (χ2n) is 4.23. The number of ether oxygens (including phenoxy) is 1. The Balaban J connectivity index is 2.25. The van der Waals surface area contributed by atoms with Crippen molar-refractivity contribution in [2.24, 2.45) is 0 Å². The molecular formula is C14H15N3O3. The molecule has 0 atom stereocenters. The lowest BCUT2D eigenvalue weighted by atomic mass is 10.2. The van der Waals surface area contributed by atoms with E-state index in [9.17, 15) is 10.1 Å². The van der Waals surface area contributed by atoms with Crippen molar-refractivity contribution in [2.45, 2.75) is 13.5 Å². The van der Waals surface area contributed by atoms with Gasteiger partial charge < -0.3 is 10.1 Å². The Morgan fingerprint density at radius 2 is 2.15 bits per heavy atom. The zero-order valence-corrected chi connectivity index (χ0v) is 11.3. The minimum absolute atomic E-state index is 0.0279. The monoisotopic (exact) mass is 273 g/mol. The summed E-state index contributed by atoms with van der Waals surface area (Å²) in [7, 11) is 1.77. The van der Waals surface area contributed by atoms with Crippen molar-refractivity contribution in [1.29, 1.82) is 0 Å². The zero-order valence-electron chi connectivity index (χ0n) is 11.3. The van der Waals surface area contributed by atoms with E-state index in [0.717, 1.165) is 11.1 Å². The number of hydrogen-bond donors (Lipinski definition) is 1. The summed E-state index contributed by atoms with van der Waals surface area (Å²) < 4.78 is 5.64. The highest BCUT2D eigenvalue weighted by atomic mass is 16.6. The van der Waals surface area contributed by atoms with Gasteiger partial charge in [0, 0.05) is 24.9 Å². The number of benzene rings is 1. The number of pyridine rings is 1. The Hall–Kier alpha value is -2.63. The molecule has 0 saturated carbocycles. The van der Waals surface area contributed by atoms with Gasteiger partial charge >= 0.3 is 5.69 Å². The van der Waals surface area contributed by atoms with Gasteiger partial charge in [-0.3, -0.25) is 10.1 Å². The standard InChI is InChI=1S/C14H15N3O3/c1-10-5-3-7-12(17(18)19)13(10)20-9-11-6-4-8-16-14(11)15-2/h3-8H,9H2,1-2H3,(H,15,16). The number of aromatic nitrogens is 1. The summed E-state index contributed by atoms with van der Waals surface area (Å²) in [6.45, 7) is 2.00. The van der Waals surface area contributed by atoms with Crippen LogP contribution in [-0.4, -0.2) is 17.0 Å². The highest BCUT2D eigenvalue weighted by Gasteiger charge is 2.17. The molecule has 0 radical (unpaired) electrons. The van der Waals surface area contributed by atoms with E-state index in [1.165, 1.54) is 6.07 Å². The maximum Gasteiger partial charge on any atom is 0.311 e. The molecule has 0 saturated heterocycles. The molecule has 2 rings (SSSR count). The summed E-state index contributed by atoms with van der Waals surface area (Å²) in [4.78, 5) is 14.7. The van der Waals surface area contributed by atoms with E-state index >= 15 is 0 Å². The van der Waals surface area contributed by atoms with Gasteiger partial charge in [-0.1, -0.05) is 18.2 Å². The number of anilines is 1. The summed E-state index contributed by atoms with van der Waals surface area (Å²) in [5, 5.41) is 14.0. The average Bonchev–Trinajstić information content (AvgIpc) is 2.46. The lowest BCUT2D eigenvalue weighted by molar-refractivity contribution is -0.386. The second kappa shape index (κ2) is 6.01. The summed E-state index contributed by atoms with van der Waals surface area (Å²) in [6, 6.07) is 8.52. The van der Waals surface area contributed by atoms with Crippen LogP contribution in [0.5, 0.6) is 5.75 Å². The Kier molecular flexibility index (Phi) is 4.14. The van der Waals surface area contributed by atoms with Gasteiger partial charge in [0.05, 0.1) is 4.92 Å². The molecule has 0 aliphatic heterocycles.